The van der Waals surface area contributed by atoms with Crippen LogP contribution in [0.2, 0.25) is 0 Å². The normalized spacial score (nSPS) is 16.2. The third-order valence-corrected chi connectivity index (χ3v) is 8.12. The lowest BCUT2D eigenvalue weighted by atomic mass is 10.0. The van der Waals surface area contributed by atoms with Crippen LogP contribution in [0.4, 0.5) is 10.1 Å². The minimum Gasteiger partial charge on any atom is -0.324 e. The predicted molar refractivity (Wildman–Crippen MR) is 130 cm³/mol. The van der Waals surface area contributed by atoms with Crippen molar-refractivity contribution in [3.63, 3.8) is 0 Å². The number of nitrogens with zero attached hydrogens (tertiary/aromatic N) is 2. The highest BCUT2D eigenvalue weighted by molar-refractivity contribution is 7.89. The van der Waals surface area contributed by atoms with Crippen LogP contribution in [0.5, 0.6) is 0 Å². The fourth-order valence-corrected chi connectivity index (χ4v) is 5.97. The number of nitrogens with one attached hydrogen (secondary N) is 1. The van der Waals surface area contributed by atoms with E-state index in [9.17, 15) is 17.6 Å². The average Bonchev–Trinajstić information content (AvgIpc) is 2.83. The van der Waals surface area contributed by atoms with Gasteiger partial charge in [0.1, 0.15) is 11.9 Å². The number of hydrogen-bond acceptors (Lipinski definition) is 4. The minimum absolute atomic E-state index is 0.247. The lowest BCUT2D eigenvalue weighted by Gasteiger charge is -2.38. The van der Waals surface area contributed by atoms with E-state index in [4.69, 9.17) is 0 Å². The second-order valence-corrected chi connectivity index (χ2v) is 10.4. The second-order valence-electron chi connectivity index (χ2n) is 8.52. The van der Waals surface area contributed by atoms with Crippen LogP contribution in [0.15, 0.2) is 77.7 Å². The molecule has 0 aliphatic carbocycles. The first kappa shape index (κ1) is 24.1. The van der Waals surface area contributed by atoms with Crippen molar-refractivity contribution in [3.8, 4) is 0 Å². The zero-order valence-electron chi connectivity index (χ0n) is 19.2. The maximum Gasteiger partial charge on any atom is 0.246 e. The second kappa shape index (κ2) is 10.0. The van der Waals surface area contributed by atoms with Gasteiger partial charge in [-0.1, -0.05) is 42.5 Å². The molecule has 1 aliphatic rings. The number of sulfonamides is 1. The molecule has 1 saturated heterocycles. The molecule has 0 saturated carbocycles. The van der Waals surface area contributed by atoms with Gasteiger partial charge in [-0.25, -0.2) is 12.8 Å². The quantitative estimate of drug-likeness (QED) is 0.575. The summed E-state index contributed by atoms with van der Waals surface area (Å²) in [5, 5.41) is 2.87. The maximum atomic E-state index is 13.3. The van der Waals surface area contributed by atoms with Gasteiger partial charge in [-0.05, 0) is 60.9 Å². The topological polar surface area (TPSA) is 69.7 Å². The van der Waals surface area contributed by atoms with Crippen molar-refractivity contribution < 1.29 is 17.6 Å². The van der Waals surface area contributed by atoms with Gasteiger partial charge in [-0.2, -0.15) is 4.31 Å². The Kier molecular flexibility index (Phi) is 7.11. The molecule has 4 rings (SSSR count). The van der Waals surface area contributed by atoms with Crippen LogP contribution in [-0.4, -0.2) is 49.7 Å². The highest BCUT2D eigenvalue weighted by Crippen LogP contribution is 2.27. The molecule has 0 radical (unpaired) electrons. The summed E-state index contributed by atoms with van der Waals surface area (Å²) >= 11 is 0. The molecule has 1 atom stereocenters. The number of carbonyl (C=O) groups excluding carboxylic acids is 1. The van der Waals surface area contributed by atoms with E-state index < -0.39 is 16.1 Å². The molecule has 178 valence electrons. The summed E-state index contributed by atoms with van der Waals surface area (Å²) in [5.74, 6) is -0.623. The highest BCUT2D eigenvalue weighted by Gasteiger charge is 2.35. The van der Waals surface area contributed by atoms with Gasteiger partial charge in [-0.3, -0.25) is 9.69 Å². The number of anilines is 1. The van der Waals surface area contributed by atoms with Gasteiger partial charge in [0.25, 0.3) is 0 Å². The monoisotopic (exact) mass is 481 g/mol. The van der Waals surface area contributed by atoms with Crippen molar-refractivity contribution in [1.29, 1.82) is 0 Å². The van der Waals surface area contributed by atoms with Gasteiger partial charge in [0.15, 0.2) is 0 Å². The van der Waals surface area contributed by atoms with E-state index in [0.29, 0.717) is 29.2 Å². The van der Waals surface area contributed by atoms with Gasteiger partial charge in [0.05, 0.1) is 4.90 Å². The SMILES string of the molecule is Cc1ccc(C)c(S(=O)(=O)N2CCN([C@@H](C(=O)Nc3ccc(F)cc3)c3ccccc3)CC2)c1. The van der Waals surface area contributed by atoms with Crippen molar-refractivity contribution in [3.05, 3.63) is 95.3 Å². The number of rotatable bonds is 6. The molecule has 0 bridgehead atoms. The first-order valence-corrected chi connectivity index (χ1v) is 12.6. The largest absolute Gasteiger partial charge is 0.324 e. The van der Waals surface area contributed by atoms with Crippen molar-refractivity contribution >= 4 is 21.6 Å². The summed E-state index contributed by atoms with van der Waals surface area (Å²) in [5.41, 5.74) is 2.93. The molecule has 8 heteroatoms. The number of piperazine rings is 1. The summed E-state index contributed by atoms with van der Waals surface area (Å²) in [6.45, 7) is 5.04. The fourth-order valence-electron chi connectivity index (χ4n) is 4.23. The Labute approximate surface area is 200 Å². The van der Waals surface area contributed by atoms with E-state index in [2.05, 4.69) is 5.32 Å². The van der Waals surface area contributed by atoms with E-state index in [1.165, 1.54) is 28.6 Å². The van der Waals surface area contributed by atoms with E-state index >= 15 is 0 Å². The van der Waals surface area contributed by atoms with Crippen molar-refractivity contribution in [1.82, 2.24) is 9.21 Å². The Balaban J connectivity index is 1.53. The van der Waals surface area contributed by atoms with Crippen LogP contribution in [-0.2, 0) is 14.8 Å². The van der Waals surface area contributed by atoms with E-state index in [0.717, 1.165) is 11.1 Å². The summed E-state index contributed by atoms with van der Waals surface area (Å²) in [6.07, 6.45) is 0. The molecule has 0 aromatic heterocycles. The average molecular weight is 482 g/mol. The Morgan fingerprint density at radius 2 is 1.56 bits per heavy atom. The molecule has 1 amide bonds. The summed E-state index contributed by atoms with van der Waals surface area (Å²) in [7, 11) is -3.63. The maximum absolute atomic E-state index is 13.3. The van der Waals surface area contributed by atoms with Crippen molar-refractivity contribution in [2.24, 2.45) is 0 Å². The van der Waals surface area contributed by atoms with Crippen molar-refractivity contribution in [2.45, 2.75) is 24.8 Å². The Morgan fingerprint density at radius 1 is 0.912 bits per heavy atom. The van der Waals surface area contributed by atoms with Crippen molar-refractivity contribution in [2.75, 3.05) is 31.5 Å². The molecule has 0 spiro atoms. The molecule has 34 heavy (non-hydrogen) atoms. The van der Waals surface area contributed by atoms with Gasteiger partial charge in [-0.15, -0.1) is 0 Å². The van der Waals surface area contributed by atoms with Crippen LogP contribution >= 0.6 is 0 Å². The number of halogens is 1. The molecule has 1 aliphatic heterocycles. The molecule has 3 aromatic rings. The van der Waals surface area contributed by atoms with E-state index in [-0.39, 0.29) is 24.8 Å². The highest BCUT2D eigenvalue weighted by atomic mass is 32.2. The predicted octanol–water partition coefficient (Wildman–Crippen LogP) is 4.13. The number of amides is 1. The third kappa shape index (κ3) is 5.19. The van der Waals surface area contributed by atoms with E-state index in [1.54, 1.807) is 13.0 Å². The zero-order valence-corrected chi connectivity index (χ0v) is 20.1. The summed E-state index contributed by atoms with van der Waals surface area (Å²) in [6, 6.07) is 19.8. The number of aryl methyl sites for hydroxylation is 2. The minimum atomic E-state index is -3.63. The van der Waals surface area contributed by atoms with Gasteiger partial charge in [0.2, 0.25) is 15.9 Å². The number of benzene rings is 3. The lowest BCUT2D eigenvalue weighted by Crippen LogP contribution is -2.51. The molecule has 6 nitrogen and oxygen atoms in total. The molecule has 1 heterocycles. The summed E-state index contributed by atoms with van der Waals surface area (Å²) in [4.78, 5) is 15.6. The molecule has 1 N–H and O–H groups in total. The van der Waals surface area contributed by atoms with Crippen LogP contribution in [0.3, 0.4) is 0 Å². The standard InChI is InChI=1S/C26H28FN3O3S/c1-19-8-9-20(2)24(18-19)34(32,33)30-16-14-29(15-17-30)25(21-6-4-3-5-7-21)26(31)28-23-12-10-22(27)11-13-23/h3-13,18,25H,14-17H2,1-2H3,(H,28,31)/t25-/m1/s1. The van der Waals surface area contributed by atoms with Crippen LogP contribution in [0.1, 0.15) is 22.7 Å². The molecule has 3 aromatic carbocycles. The van der Waals surface area contributed by atoms with Crippen LogP contribution in [0, 0.1) is 19.7 Å². The third-order valence-electron chi connectivity index (χ3n) is 6.08. The number of carbonyl (C=O) groups is 1. The molecule has 1 fully saturated rings. The smallest absolute Gasteiger partial charge is 0.246 e. The summed E-state index contributed by atoms with van der Waals surface area (Å²) < 4.78 is 41.4. The first-order chi connectivity index (χ1) is 16.3. The van der Waals surface area contributed by atoms with Crippen LogP contribution in [0.25, 0.3) is 0 Å². The lowest BCUT2D eigenvalue weighted by molar-refractivity contribution is -0.122. The first-order valence-electron chi connectivity index (χ1n) is 11.2. The molecular formula is C26H28FN3O3S. The Hall–Kier alpha value is -3.07. The van der Waals surface area contributed by atoms with Gasteiger partial charge in [0, 0.05) is 31.9 Å². The van der Waals surface area contributed by atoms with Gasteiger partial charge < -0.3 is 5.32 Å². The number of hydrogen-bond donors (Lipinski definition) is 1. The fraction of sp³-hybridized carbons (Fsp3) is 0.269. The molecular weight excluding hydrogens is 453 g/mol. The van der Waals surface area contributed by atoms with Gasteiger partial charge >= 0.3 is 0 Å². The van der Waals surface area contributed by atoms with E-state index in [1.807, 2.05) is 54.3 Å². The Bertz CT molecular complexity index is 1260. The van der Waals surface area contributed by atoms with Crippen LogP contribution < -0.4 is 5.32 Å². The Morgan fingerprint density at radius 3 is 2.21 bits per heavy atom. The molecule has 0 unspecified atom stereocenters. The zero-order chi connectivity index (χ0) is 24.3.